The third-order valence-electron chi connectivity index (χ3n) is 2.99. The number of ether oxygens (including phenoxy) is 3. The molecule has 0 heterocycles. The molecule has 0 aliphatic rings. The Morgan fingerprint density at radius 1 is 0.905 bits per heavy atom. The molecule has 2 rings (SSSR count). The van der Waals surface area contributed by atoms with Crippen LogP contribution in [0.2, 0.25) is 0 Å². The van der Waals surface area contributed by atoms with Crippen molar-refractivity contribution in [2.45, 2.75) is 12.5 Å². The number of benzene rings is 2. The predicted molar refractivity (Wildman–Crippen MR) is 87.6 cm³/mol. The molecule has 0 fully saturated rings. The minimum atomic E-state index is 0.435. The highest BCUT2D eigenvalue weighted by Gasteiger charge is 2.07. The fraction of sp³-hybridized carbons (Fsp3) is 0.250. The van der Waals surface area contributed by atoms with Crippen LogP contribution in [-0.4, -0.2) is 14.2 Å². The summed E-state index contributed by atoms with van der Waals surface area (Å²) in [7, 11) is 3.26. The van der Waals surface area contributed by atoms with E-state index in [1.54, 1.807) is 14.2 Å². The average molecular weight is 372 g/mol. The molecule has 0 unspecified atom stereocenters. The van der Waals surface area contributed by atoms with Crippen molar-refractivity contribution in [3.8, 4) is 17.2 Å². The van der Waals surface area contributed by atoms with E-state index in [1.165, 1.54) is 0 Å². The zero-order valence-electron chi connectivity index (χ0n) is 11.9. The highest BCUT2D eigenvalue weighted by molar-refractivity contribution is 9.10. The van der Waals surface area contributed by atoms with Crippen molar-refractivity contribution in [2.24, 2.45) is 0 Å². The summed E-state index contributed by atoms with van der Waals surface area (Å²) in [5, 5.41) is 0. The zero-order chi connectivity index (χ0) is 15.2. The number of hydrogen-bond donors (Lipinski definition) is 0. The largest absolute Gasteiger partial charge is 0.496 e. The van der Waals surface area contributed by atoms with Crippen molar-refractivity contribution in [3.05, 3.63) is 52.0 Å². The molecule has 0 N–H and O–H groups in total. The number of alkyl halides is 1. The molecule has 21 heavy (non-hydrogen) atoms. The minimum Gasteiger partial charge on any atom is -0.496 e. The van der Waals surface area contributed by atoms with Crippen molar-refractivity contribution in [2.75, 3.05) is 14.2 Å². The second-order valence-electron chi connectivity index (χ2n) is 4.38. The fourth-order valence-corrected chi connectivity index (χ4v) is 2.63. The standard InChI is InChI=1S/C16H16BrClO3/c1-19-14-5-4-12(7-13(14)17)10-21-16-8-11(9-18)3-6-15(16)20-2/h3-8H,9-10H2,1-2H3. The maximum atomic E-state index is 5.85. The van der Waals surface area contributed by atoms with Crippen LogP contribution in [0.5, 0.6) is 17.2 Å². The van der Waals surface area contributed by atoms with E-state index in [2.05, 4.69) is 15.9 Å². The van der Waals surface area contributed by atoms with E-state index in [4.69, 9.17) is 25.8 Å². The molecule has 2 aromatic carbocycles. The molecule has 0 radical (unpaired) electrons. The van der Waals surface area contributed by atoms with Crippen molar-refractivity contribution >= 4 is 27.5 Å². The molecule has 0 atom stereocenters. The lowest BCUT2D eigenvalue weighted by Gasteiger charge is -2.12. The van der Waals surface area contributed by atoms with Gasteiger partial charge in [-0.2, -0.15) is 0 Å². The molecule has 2 aromatic rings. The number of hydrogen-bond acceptors (Lipinski definition) is 3. The summed E-state index contributed by atoms with van der Waals surface area (Å²) in [4.78, 5) is 0. The van der Waals surface area contributed by atoms with Gasteiger partial charge in [-0.1, -0.05) is 12.1 Å². The molecule has 5 heteroatoms. The lowest BCUT2D eigenvalue weighted by Crippen LogP contribution is -1.99. The van der Waals surface area contributed by atoms with Crippen molar-refractivity contribution in [1.82, 2.24) is 0 Å². The second-order valence-corrected chi connectivity index (χ2v) is 5.50. The molecule has 0 spiro atoms. The van der Waals surface area contributed by atoms with Gasteiger partial charge < -0.3 is 14.2 Å². The lowest BCUT2D eigenvalue weighted by molar-refractivity contribution is 0.284. The molecule has 0 bridgehead atoms. The average Bonchev–Trinajstić information content (AvgIpc) is 2.52. The molecule has 0 aliphatic heterocycles. The monoisotopic (exact) mass is 370 g/mol. The number of halogens is 2. The van der Waals surface area contributed by atoms with Gasteiger partial charge in [0, 0.05) is 5.88 Å². The molecule has 3 nitrogen and oxygen atoms in total. The molecule has 0 aromatic heterocycles. The lowest BCUT2D eigenvalue weighted by atomic mass is 10.2. The van der Waals surface area contributed by atoms with Gasteiger partial charge in [0.1, 0.15) is 12.4 Å². The Kier molecular flexibility index (Phi) is 5.76. The molecule has 0 amide bonds. The number of rotatable bonds is 6. The first kappa shape index (κ1) is 16.0. The third kappa shape index (κ3) is 4.05. The Morgan fingerprint density at radius 2 is 1.57 bits per heavy atom. The van der Waals surface area contributed by atoms with Crippen LogP contribution in [0.25, 0.3) is 0 Å². The SMILES string of the molecule is COc1ccc(COc2cc(CCl)ccc2OC)cc1Br. The van der Waals surface area contributed by atoms with Gasteiger partial charge >= 0.3 is 0 Å². The Labute approximate surface area is 137 Å². The predicted octanol–water partition coefficient (Wildman–Crippen LogP) is 4.78. The van der Waals surface area contributed by atoms with E-state index in [1.807, 2.05) is 36.4 Å². The summed E-state index contributed by atoms with van der Waals surface area (Å²) in [6, 6.07) is 11.5. The van der Waals surface area contributed by atoms with Crippen molar-refractivity contribution < 1.29 is 14.2 Å². The van der Waals surface area contributed by atoms with E-state index >= 15 is 0 Å². The quantitative estimate of drug-likeness (QED) is 0.684. The van der Waals surface area contributed by atoms with E-state index in [0.717, 1.165) is 21.3 Å². The van der Waals surface area contributed by atoms with Crippen LogP contribution in [0, 0.1) is 0 Å². The molecule has 112 valence electrons. The smallest absolute Gasteiger partial charge is 0.161 e. The van der Waals surface area contributed by atoms with Gasteiger partial charge in [0.2, 0.25) is 0 Å². The van der Waals surface area contributed by atoms with Crippen molar-refractivity contribution in [3.63, 3.8) is 0 Å². The van der Waals surface area contributed by atoms with Gasteiger partial charge in [0.05, 0.1) is 18.7 Å². The number of methoxy groups -OCH3 is 2. The van der Waals surface area contributed by atoms with Gasteiger partial charge in [0.15, 0.2) is 11.5 Å². The van der Waals surface area contributed by atoms with Gasteiger partial charge in [-0.15, -0.1) is 11.6 Å². The van der Waals surface area contributed by atoms with Gasteiger partial charge in [0.25, 0.3) is 0 Å². The summed E-state index contributed by atoms with van der Waals surface area (Å²) in [6.45, 7) is 0.435. The Morgan fingerprint density at radius 3 is 2.19 bits per heavy atom. The minimum absolute atomic E-state index is 0.435. The van der Waals surface area contributed by atoms with E-state index in [0.29, 0.717) is 24.0 Å². The summed E-state index contributed by atoms with van der Waals surface area (Å²) >= 11 is 9.31. The maximum absolute atomic E-state index is 5.85. The van der Waals surface area contributed by atoms with Crippen LogP contribution < -0.4 is 14.2 Å². The summed E-state index contributed by atoms with van der Waals surface area (Å²) in [5.74, 6) is 2.61. The first-order chi connectivity index (χ1) is 10.2. The van der Waals surface area contributed by atoms with Crippen LogP contribution in [0.15, 0.2) is 40.9 Å². The van der Waals surface area contributed by atoms with Gasteiger partial charge in [-0.25, -0.2) is 0 Å². The highest BCUT2D eigenvalue weighted by Crippen LogP contribution is 2.30. The summed E-state index contributed by atoms with van der Waals surface area (Å²) in [5.41, 5.74) is 2.02. The van der Waals surface area contributed by atoms with Crippen LogP contribution in [0.1, 0.15) is 11.1 Å². The summed E-state index contributed by atoms with van der Waals surface area (Å²) < 4.78 is 17.2. The maximum Gasteiger partial charge on any atom is 0.161 e. The van der Waals surface area contributed by atoms with Crippen LogP contribution >= 0.6 is 27.5 Å². The first-order valence-electron chi connectivity index (χ1n) is 6.36. The topological polar surface area (TPSA) is 27.7 Å². The van der Waals surface area contributed by atoms with Crippen LogP contribution in [0.4, 0.5) is 0 Å². The molecule has 0 saturated heterocycles. The Balaban J connectivity index is 2.13. The molecular weight excluding hydrogens is 356 g/mol. The Bertz CT molecular complexity index is 616. The van der Waals surface area contributed by atoms with E-state index in [9.17, 15) is 0 Å². The van der Waals surface area contributed by atoms with E-state index in [-0.39, 0.29) is 0 Å². The second kappa shape index (κ2) is 7.57. The zero-order valence-corrected chi connectivity index (χ0v) is 14.2. The van der Waals surface area contributed by atoms with Crippen LogP contribution in [0.3, 0.4) is 0 Å². The summed E-state index contributed by atoms with van der Waals surface area (Å²) in [6.07, 6.45) is 0. The van der Waals surface area contributed by atoms with E-state index < -0.39 is 0 Å². The fourth-order valence-electron chi connectivity index (χ4n) is 1.88. The normalized spacial score (nSPS) is 10.3. The molecule has 0 saturated carbocycles. The third-order valence-corrected chi connectivity index (χ3v) is 3.92. The molecule has 0 aliphatic carbocycles. The van der Waals surface area contributed by atoms with Gasteiger partial charge in [-0.05, 0) is 51.3 Å². The molecular formula is C16H16BrClO3. The first-order valence-corrected chi connectivity index (χ1v) is 7.68. The van der Waals surface area contributed by atoms with Gasteiger partial charge in [-0.3, -0.25) is 0 Å². The Hall–Kier alpha value is -1.39. The van der Waals surface area contributed by atoms with Crippen molar-refractivity contribution in [1.29, 1.82) is 0 Å². The highest BCUT2D eigenvalue weighted by atomic mass is 79.9. The van der Waals surface area contributed by atoms with Crippen LogP contribution in [-0.2, 0) is 12.5 Å².